The Morgan fingerprint density at radius 3 is 2.60 bits per heavy atom. The van der Waals surface area contributed by atoms with Crippen LogP contribution < -0.4 is 0 Å². The molecular weight excluding hydrogens is 200 g/mol. The fraction of sp³-hybridized carbons (Fsp3) is 0.364. The van der Waals surface area contributed by atoms with Crippen LogP contribution >= 0.6 is 0 Å². The van der Waals surface area contributed by atoms with Crippen LogP contribution in [0.4, 0.5) is 8.78 Å². The summed E-state index contributed by atoms with van der Waals surface area (Å²) in [4.78, 5) is 4.16. The number of rotatable bonds is 2. The van der Waals surface area contributed by atoms with Gasteiger partial charge in [-0.05, 0) is 18.2 Å². The molecule has 0 saturated heterocycles. The molecule has 0 spiro atoms. The molecule has 4 heteroatoms. The van der Waals surface area contributed by atoms with Gasteiger partial charge in [0, 0.05) is 11.5 Å². The minimum absolute atomic E-state index is 0.0221. The smallest absolute Gasteiger partial charge is 0.263 e. The van der Waals surface area contributed by atoms with E-state index in [4.69, 9.17) is 4.42 Å². The fourth-order valence-electron chi connectivity index (χ4n) is 1.34. The van der Waals surface area contributed by atoms with Crippen LogP contribution in [0.25, 0.3) is 11.1 Å². The molecule has 2 nitrogen and oxygen atoms in total. The second kappa shape index (κ2) is 3.61. The monoisotopic (exact) mass is 211 g/mol. The van der Waals surface area contributed by atoms with Crippen molar-refractivity contribution < 1.29 is 13.2 Å². The highest BCUT2D eigenvalue weighted by Gasteiger charge is 2.12. The van der Waals surface area contributed by atoms with Crippen molar-refractivity contribution in [2.45, 2.75) is 26.2 Å². The molecule has 0 amide bonds. The lowest BCUT2D eigenvalue weighted by atomic mass is 10.2. The van der Waals surface area contributed by atoms with E-state index >= 15 is 0 Å². The molecule has 2 aromatic rings. The molecule has 0 bridgehead atoms. The van der Waals surface area contributed by atoms with Crippen LogP contribution in [0, 0.1) is 0 Å². The number of fused-ring (bicyclic) bond motifs is 1. The molecule has 80 valence electrons. The van der Waals surface area contributed by atoms with Gasteiger partial charge in [-0.15, -0.1) is 0 Å². The maximum atomic E-state index is 12.4. The SMILES string of the molecule is CC(C)c1nc2cc(C(F)F)ccc2o1. The lowest BCUT2D eigenvalue weighted by Gasteiger charge is -1.96. The molecule has 1 aromatic carbocycles. The van der Waals surface area contributed by atoms with E-state index in [-0.39, 0.29) is 11.5 Å². The normalized spacial score (nSPS) is 11.9. The molecule has 1 heterocycles. The summed E-state index contributed by atoms with van der Waals surface area (Å²) in [6.45, 7) is 3.89. The highest BCUT2D eigenvalue weighted by atomic mass is 19.3. The number of alkyl halides is 2. The third-order valence-electron chi connectivity index (χ3n) is 2.17. The summed E-state index contributed by atoms with van der Waals surface area (Å²) in [5.74, 6) is 0.740. The van der Waals surface area contributed by atoms with Gasteiger partial charge in [0.1, 0.15) is 5.52 Å². The zero-order chi connectivity index (χ0) is 11.0. The zero-order valence-corrected chi connectivity index (χ0v) is 8.50. The molecule has 2 rings (SSSR count). The van der Waals surface area contributed by atoms with Crippen LogP contribution in [-0.2, 0) is 0 Å². The lowest BCUT2D eigenvalue weighted by Crippen LogP contribution is -1.85. The summed E-state index contributed by atoms with van der Waals surface area (Å²) in [6, 6.07) is 4.27. The Morgan fingerprint density at radius 1 is 1.27 bits per heavy atom. The van der Waals surface area contributed by atoms with E-state index in [1.807, 2.05) is 13.8 Å². The number of hydrogen-bond acceptors (Lipinski definition) is 2. The second-order valence-corrected chi connectivity index (χ2v) is 3.73. The highest BCUT2D eigenvalue weighted by molar-refractivity contribution is 5.73. The van der Waals surface area contributed by atoms with Gasteiger partial charge in [-0.2, -0.15) is 0 Å². The van der Waals surface area contributed by atoms with Crippen molar-refractivity contribution in [3.8, 4) is 0 Å². The van der Waals surface area contributed by atoms with Crippen molar-refractivity contribution in [2.75, 3.05) is 0 Å². The third kappa shape index (κ3) is 1.84. The van der Waals surface area contributed by atoms with E-state index in [2.05, 4.69) is 4.98 Å². The minimum atomic E-state index is -2.46. The molecule has 15 heavy (non-hydrogen) atoms. The Balaban J connectivity index is 2.52. The summed E-state index contributed by atoms with van der Waals surface area (Å²) in [5, 5.41) is 0. The molecule has 0 aliphatic heterocycles. The first-order valence-electron chi connectivity index (χ1n) is 4.76. The molecule has 0 N–H and O–H groups in total. The third-order valence-corrected chi connectivity index (χ3v) is 2.17. The molecule has 0 saturated carbocycles. The molecule has 0 unspecified atom stereocenters. The van der Waals surface area contributed by atoms with Gasteiger partial charge in [-0.3, -0.25) is 0 Å². The van der Waals surface area contributed by atoms with Crippen LogP contribution in [0.2, 0.25) is 0 Å². The number of halogens is 2. The van der Waals surface area contributed by atoms with Gasteiger partial charge in [0.2, 0.25) is 0 Å². The molecule has 1 aromatic heterocycles. The standard InChI is InChI=1S/C11H11F2NO/c1-6(2)11-14-8-5-7(10(12)13)3-4-9(8)15-11/h3-6,10H,1-2H3. The van der Waals surface area contributed by atoms with Crippen molar-refractivity contribution >= 4 is 11.1 Å². The van der Waals surface area contributed by atoms with Gasteiger partial charge in [0.25, 0.3) is 6.43 Å². The number of aromatic nitrogens is 1. The minimum Gasteiger partial charge on any atom is -0.440 e. The van der Waals surface area contributed by atoms with Crippen LogP contribution in [0.5, 0.6) is 0 Å². The van der Waals surface area contributed by atoms with Gasteiger partial charge in [0.15, 0.2) is 11.5 Å². The first-order chi connectivity index (χ1) is 7.08. The average molecular weight is 211 g/mol. The van der Waals surface area contributed by atoms with E-state index in [0.717, 1.165) is 0 Å². The lowest BCUT2D eigenvalue weighted by molar-refractivity contribution is 0.151. The Labute approximate surface area is 85.9 Å². The van der Waals surface area contributed by atoms with E-state index in [1.165, 1.54) is 18.2 Å². The summed E-state index contributed by atoms with van der Waals surface area (Å²) in [5.41, 5.74) is 1.03. The molecule has 0 radical (unpaired) electrons. The maximum absolute atomic E-state index is 12.4. The summed E-state index contributed by atoms with van der Waals surface area (Å²) < 4.78 is 30.2. The van der Waals surface area contributed by atoms with Gasteiger partial charge in [0.05, 0.1) is 0 Å². The number of benzene rings is 1. The Hall–Kier alpha value is -1.45. The predicted octanol–water partition coefficient (Wildman–Crippen LogP) is 3.89. The van der Waals surface area contributed by atoms with E-state index < -0.39 is 6.43 Å². The fourth-order valence-corrected chi connectivity index (χ4v) is 1.34. The topological polar surface area (TPSA) is 26.0 Å². The number of nitrogens with zero attached hydrogens (tertiary/aromatic N) is 1. The zero-order valence-electron chi connectivity index (χ0n) is 8.50. The van der Waals surface area contributed by atoms with Crippen LogP contribution in [-0.4, -0.2) is 4.98 Å². The first-order valence-corrected chi connectivity index (χ1v) is 4.76. The Bertz CT molecular complexity index is 470. The van der Waals surface area contributed by atoms with Gasteiger partial charge < -0.3 is 4.42 Å². The van der Waals surface area contributed by atoms with Crippen molar-refractivity contribution in [3.63, 3.8) is 0 Å². The molecular formula is C11H11F2NO. The Kier molecular flexibility index (Phi) is 2.42. The van der Waals surface area contributed by atoms with Gasteiger partial charge in [-0.25, -0.2) is 13.8 Å². The quantitative estimate of drug-likeness (QED) is 0.753. The molecule has 0 atom stereocenters. The van der Waals surface area contributed by atoms with E-state index in [1.54, 1.807) is 0 Å². The molecule has 0 aliphatic rings. The second-order valence-electron chi connectivity index (χ2n) is 3.73. The van der Waals surface area contributed by atoms with Gasteiger partial charge >= 0.3 is 0 Å². The number of oxazole rings is 1. The summed E-state index contributed by atoms with van der Waals surface area (Å²) in [6.07, 6.45) is -2.46. The largest absolute Gasteiger partial charge is 0.440 e. The average Bonchev–Trinajstić information content (AvgIpc) is 2.59. The molecule has 0 fully saturated rings. The van der Waals surface area contributed by atoms with E-state index in [0.29, 0.717) is 17.0 Å². The summed E-state index contributed by atoms with van der Waals surface area (Å²) >= 11 is 0. The predicted molar refractivity (Wildman–Crippen MR) is 53.1 cm³/mol. The van der Waals surface area contributed by atoms with Crippen molar-refractivity contribution in [1.29, 1.82) is 0 Å². The van der Waals surface area contributed by atoms with Crippen LogP contribution in [0.3, 0.4) is 0 Å². The van der Waals surface area contributed by atoms with E-state index in [9.17, 15) is 8.78 Å². The first kappa shape index (κ1) is 10.1. The Morgan fingerprint density at radius 2 is 2.00 bits per heavy atom. The molecule has 0 aliphatic carbocycles. The maximum Gasteiger partial charge on any atom is 0.263 e. The summed E-state index contributed by atoms with van der Waals surface area (Å²) in [7, 11) is 0. The van der Waals surface area contributed by atoms with Crippen LogP contribution in [0.15, 0.2) is 22.6 Å². The van der Waals surface area contributed by atoms with Gasteiger partial charge in [-0.1, -0.05) is 13.8 Å². The van der Waals surface area contributed by atoms with Crippen LogP contribution in [0.1, 0.15) is 37.6 Å². The van der Waals surface area contributed by atoms with Crippen molar-refractivity contribution in [2.24, 2.45) is 0 Å². The highest BCUT2D eigenvalue weighted by Crippen LogP contribution is 2.26. The number of hydrogen-bond donors (Lipinski definition) is 0. The van der Waals surface area contributed by atoms with Crippen molar-refractivity contribution in [1.82, 2.24) is 4.98 Å². The van der Waals surface area contributed by atoms with Crippen molar-refractivity contribution in [3.05, 3.63) is 29.7 Å².